The number of benzene rings is 2. The number of nitro groups is 1. The number of carbonyl (C=O) groups is 1. The van der Waals surface area contributed by atoms with Crippen LogP contribution in [0, 0.1) is 10.1 Å². The normalized spacial score (nSPS) is 10.7. The third-order valence-electron chi connectivity index (χ3n) is 3.13. The molecule has 2 rings (SSSR count). The van der Waals surface area contributed by atoms with Crippen LogP contribution in [0.3, 0.4) is 0 Å². The Morgan fingerprint density at radius 3 is 2.52 bits per heavy atom. The van der Waals surface area contributed by atoms with E-state index in [-0.39, 0.29) is 12.3 Å². The molecule has 27 heavy (non-hydrogen) atoms. The number of halogens is 3. The van der Waals surface area contributed by atoms with Gasteiger partial charge in [-0.05, 0) is 50.1 Å². The summed E-state index contributed by atoms with van der Waals surface area (Å²) in [5.74, 6) is 0.354. The molecule has 8 nitrogen and oxygen atoms in total. The standard InChI is InChI=1S/C16H12Br3N3O5/c1-26-14-3-2-11(22(24)25)4-9(14)7-20-21-15(23)8-27-16-12(18)5-10(17)6-13(16)19/h2-7H,8H2,1H3,(H,21,23). The largest absolute Gasteiger partial charge is 0.496 e. The predicted molar refractivity (Wildman–Crippen MR) is 110 cm³/mol. The Hall–Kier alpha value is -1.98. The molecule has 0 radical (unpaired) electrons. The van der Waals surface area contributed by atoms with Crippen molar-refractivity contribution in [1.29, 1.82) is 0 Å². The molecule has 0 bridgehead atoms. The number of ether oxygens (including phenoxy) is 2. The van der Waals surface area contributed by atoms with Crippen molar-refractivity contribution in [3.8, 4) is 11.5 Å². The number of hydrogen-bond donors (Lipinski definition) is 1. The molecule has 0 saturated carbocycles. The smallest absolute Gasteiger partial charge is 0.277 e. The highest BCUT2D eigenvalue weighted by atomic mass is 79.9. The van der Waals surface area contributed by atoms with E-state index < -0.39 is 10.8 Å². The summed E-state index contributed by atoms with van der Waals surface area (Å²) in [5.41, 5.74) is 2.53. The Labute approximate surface area is 179 Å². The van der Waals surface area contributed by atoms with E-state index in [1.165, 1.54) is 31.5 Å². The molecule has 0 fully saturated rings. The number of hydrazone groups is 1. The lowest BCUT2D eigenvalue weighted by Crippen LogP contribution is -2.24. The van der Waals surface area contributed by atoms with Crippen LogP contribution in [0.4, 0.5) is 5.69 Å². The van der Waals surface area contributed by atoms with Gasteiger partial charge in [-0.2, -0.15) is 5.10 Å². The van der Waals surface area contributed by atoms with Gasteiger partial charge in [-0.15, -0.1) is 0 Å². The summed E-state index contributed by atoms with van der Waals surface area (Å²) >= 11 is 10.0. The highest BCUT2D eigenvalue weighted by Crippen LogP contribution is 2.36. The Morgan fingerprint density at radius 1 is 1.26 bits per heavy atom. The van der Waals surface area contributed by atoms with Crippen molar-refractivity contribution in [2.75, 3.05) is 13.7 Å². The summed E-state index contributed by atoms with van der Waals surface area (Å²) in [4.78, 5) is 22.2. The summed E-state index contributed by atoms with van der Waals surface area (Å²) < 4.78 is 12.8. The minimum Gasteiger partial charge on any atom is -0.496 e. The number of nitrogens with zero attached hydrogens (tertiary/aromatic N) is 2. The number of non-ortho nitro benzene ring substituents is 1. The fourth-order valence-corrected chi connectivity index (χ4v) is 4.43. The van der Waals surface area contributed by atoms with Crippen molar-refractivity contribution >= 4 is 65.6 Å². The molecule has 0 aromatic heterocycles. The molecule has 2 aromatic carbocycles. The van der Waals surface area contributed by atoms with Crippen LogP contribution in [-0.2, 0) is 4.79 Å². The van der Waals surface area contributed by atoms with Crippen LogP contribution < -0.4 is 14.9 Å². The number of hydrogen-bond acceptors (Lipinski definition) is 6. The fourth-order valence-electron chi connectivity index (χ4n) is 1.95. The SMILES string of the molecule is COc1ccc([N+](=O)[O-])cc1C=NNC(=O)COc1c(Br)cc(Br)cc1Br. The van der Waals surface area contributed by atoms with Gasteiger partial charge in [0.05, 0.1) is 27.2 Å². The van der Waals surface area contributed by atoms with Gasteiger partial charge in [-0.3, -0.25) is 14.9 Å². The Balaban J connectivity index is 2.00. The van der Waals surface area contributed by atoms with Crippen LogP contribution in [0.2, 0.25) is 0 Å². The van der Waals surface area contributed by atoms with Crippen LogP contribution in [0.5, 0.6) is 11.5 Å². The molecule has 1 amide bonds. The minimum atomic E-state index is -0.531. The Bertz CT molecular complexity index is 882. The molecule has 2 aromatic rings. The number of rotatable bonds is 7. The van der Waals surface area contributed by atoms with E-state index in [1.807, 2.05) is 0 Å². The molecular formula is C16H12Br3N3O5. The maximum absolute atomic E-state index is 11.9. The molecule has 0 saturated heterocycles. The van der Waals surface area contributed by atoms with Crippen LogP contribution in [-0.4, -0.2) is 30.8 Å². The lowest BCUT2D eigenvalue weighted by atomic mass is 10.2. The van der Waals surface area contributed by atoms with E-state index in [0.717, 1.165) is 4.47 Å². The zero-order valence-electron chi connectivity index (χ0n) is 13.7. The molecule has 11 heteroatoms. The first-order valence-corrected chi connectivity index (χ1v) is 9.61. The number of methoxy groups -OCH3 is 1. The summed E-state index contributed by atoms with van der Waals surface area (Å²) in [7, 11) is 1.43. The van der Waals surface area contributed by atoms with Gasteiger partial charge in [0.15, 0.2) is 6.61 Å². The minimum absolute atomic E-state index is 0.114. The van der Waals surface area contributed by atoms with Crippen LogP contribution >= 0.6 is 47.8 Å². The Morgan fingerprint density at radius 2 is 1.93 bits per heavy atom. The van der Waals surface area contributed by atoms with Gasteiger partial charge in [0.2, 0.25) is 0 Å². The van der Waals surface area contributed by atoms with Crippen molar-refractivity contribution in [1.82, 2.24) is 5.43 Å². The highest BCUT2D eigenvalue weighted by Gasteiger charge is 2.12. The van der Waals surface area contributed by atoms with E-state index >= 15 is 0 Å². The molecule has 0 unspecified atom stereocenters. The van der Waals surface area contributed by atoms with E-state index in [1.54, 1.807) is 12.1 Å². The third kappa shape index (κ3) is 6.01. The zero-order valence-corrected chi connectivity index (χ0v) is 18.5. The second kappa shape index (κ2) is 9.81. The first kappa shape index (κ1) is 21.3. The molecule has 0 aliphatic carbocycles. The average Bonchev–Trinajstić information content (AvgIpc) is 2.60. The van der Waals surface area contributed by atoms with Gasteiger partial charge in [-0.25, -0.2) is 5.43 Å². The second-order valence-corrected chi connectivity index (χ2v) is 7.59. The molecular weight excluding hydrogens is 554 g/mol. The molecule has 142 valence electrons. The highest BCUT2D eigenvalue weighted by molar-refractivity contribution is 9.11. The molecule has 0 aliphatic rings. The number of carbonyl (C=O) groups excluding carboxylic acids is 1. The van der Waals surface area contributed by atoms with Crippen molar-refractivity contribution in [3.05, 3.63) is 59.4 Å². The third-order valence-corrected chi connectivity index (χ3v) is 4.76. The molecule has 0 spiro atoms. The van der Waals surface area contributed by atoms with Gasteiger partial charge in [0.1, 0.15) is 11.5 Å². The van der Waals surface area contributed by atoms with Gasteiger partial charge < -0.3 is 9.47 Å². The van der Waals surface area contributed by atoms with Gasteiger partial charge in [0, 0.05) is 22.2 Å². The maximum Gasteiger partial charge on any atom is 0.277 e. The van der Waals surface area contributed by atoms with Crippen LogP contribution in [0.25, 0.3) is 0 Å². The van der Waals surface area contributed by atoms with Crippen molar-refractivity contribution in [3.63, 3.8) is 0 Å². The number of nitro benzene ring substituents is 1. The zero-order chi connectivity index (χ0) is 20.0. The van der Waals surface area contributed by atoms with Crippen LogP contribution in [0.1, 0.15) is 5.56 Å². The number of amides is 1. The molecule has 0 atom stereocenters. The molecule has 0 aliphatic heterocycles. The topological polar surface area (TPSA) is 103 Å². The maximum atomic E-state index is 11.9. The monoisotopic (exact) mass is 563 g/mol. The summed E-state index contributed by atoms with van der Waals surface area (Å²) in [6.07, 6.45) is 1.26. The van der Waals surface area contributed by atoms with E-state index in [9.17, 15) is 14.9 Å². The summed E-state index contributed by atoms with van der Waals surface area (Å²) in [5, 5.41) is 14.6. The Kier molecular flexibility index (Phi) is 7.75. The first-order valence-electron chi connectivity index (χ1n) is 7.23. The van der Waals surface area contributed by atoms with Crippen LogP contribution in [0.15, 0.2) is 48.9 Å². The summed E-state index contributed by atoms with van der Waals surface area (Å²) in [6.45, 7) is -0.276. The van der Waals surface area contributed by atoms with E-state index in [4.69, 9.17) is 9.47 Å². The molecule has 1 N–H and O–H groups in total. The predicted octanol–water partition coefficient (Wildman–Crippen LogP) is 4.42. The second-order valence-electron chi connectivity index (χ2n) is 4.96. The molecule has 0 heterocycles. The van der Waals surface area contributed by atoms with Gasteiger partial charge in [0.25, 0.3) is 11.6 Å². The van der Waals surface area contributed by atoms with Crippen molar-refractivity contribution in [2.24, 2.45) is 5.10 Å². The summed E-state index contributed by atoms with van der Waals surface area (Å²) in [6, 6.07) is 7.63. The van der Waals surface area contributed by atoms with E-state index in [2.05, 4.69) is 58.3 Å². The average molecular weight is 566 g/mol. The fraction of sp³-hybridized carbons (Fsp3) is 0.125. The van der Waals surface area contributed by atoms with E-state index in [0.29, 0.717) is 26.0 Å². The van der Waals surface area contributed by atoms with Gasteiger partial charge in [-0.1, -0.05) is 15.9 Å². The quantitative estimate of drug-likeness (QED) is 0.304. The number of nitrogens with one attached hydrogen (secondary N) is 1. The lowest BCUT2D eigenvalue weighted by Gasteiger charge is -2.10. The van der Waals surface area contributed by atoms with Crippen molar-refractivity contribution < 1.29 is 19.2 Å². The van der Waals surface area contributed by atoms with Crippen molar-refractivity contribution in [2.45, 2.75) is 0 Å². The lowest BCUT2D eigenvalue weighted by molar-refractivity contribution is -0.384. The van der Waals surface area contributed by atoms with Gasteiger partial charge >= 0.3 is 0 Å². The first-order chi connectivity index (χ1) is 12.8.